The number of nitrogens with zero attached hydrogens (tertiary/aromatic N) is 1. The highest BCUT2D eigenvalue weighted by molar-refractivity contribution is 7.47. The molecule has 2 aromatic rings. The van der Waals surface area contributed by atoms with Crippen molar-refractivity contribution in [2.75, 3.05) is 39.3 Å². The zero-order chi connectivity index (χ0) is 31.3. The molecule has 43 heavy (non-hydrogen) atoms. The van der Waals surface area contributed by atoms with Crippen LogP contribution < -0.4 is 16.0 Å². The Balaban J connectivity index is 1.61. The predicted molar refractivity (Wildman–Crippen MR) is 164 cm³/mol. The molecule has 0 aromatic heterocycles. The molecule has 2 aromatic carbocycles. The van der Waals surface area contributed by atoms with Gasteiger partial charge in [-0.05, 0) is 36.8 Å². The van der Waals surface area contributed by atoms with E-state index in [2.05, 4.69) is 40.2 Å². The molecule has 3 amide bonds. The van der Waals surface area contributed by atoms with Crippen LogP contribution in [0.4, 0.5) is 0 Å². The van der Waals surface area contributed by atoms with E-state index >= 15 is 0 Å². The van der Waals surface area contributed by atoms with Crippen LogP contribution in [0, 0.1) is 0 Å². The van der Waals surface area contributed by atoms with E-state index in [0.717, 1.165) is 12.8 Å². The van der Waals surface area contributed by atoms with Crippen molar-refractivity contribution in [3.05, 3.63) is 71.8 Å². The van der Waals surface area contributed by atoms with E-state index in [4.69, 9.17) is 9.05 Å². The summed E-state index contributed by atoms with van der Waals surface area (Å²) in [5, 5.41) is 8.22. The lowest BCUT2D eigenvalue weighted by molar-refractivity contribution is -0.120. The first-order valence-electron chi connectivity index (χ1n) is 14.7. The number of carbonyl (C=O) groups is 3. The summed E-state index contributed by atoms with van der Waals surface area (Å²) in [5.41, 5.74) is 2.21. The van der Waals surface area contributed by atoms with Crippen LogP contribution in [0.1, 0.15) is 57.6 Å². The molecule has 0 saturated heterocycles. The Kier molecular flexibility index (Phi) is 13.3. The number of rotatable bonds is 16. The molecule has 236 valence electrons. The summed E-state index contributed by atoms with van der Waals surface area (Å²) in [6.45, 7) is 5.81. The van der Waals surface area contributed by atoms with Gasteiger partial charge in [0.15, 0.2) is 0 Å². The molecular weight excluding hydrogens is 571 g/mol. The van der Waals surface area contributed by atoms with Crippen LogP contribution >= 0.6 is 7.82 Å². The monoisotopic (exact) mass is 616 g/mol. The third kappa shape index (κ3) is 11.5. The minimum Gasteiger partial charge on any atom is -0.355 e. The van der Waals surface area contributed by atoms with E-state index in [-0.39, 0.29) is 36.3 Å². The molecule has 1 aliphatic carbocycles. The molecule has 12 heteroatoms. The Hall–Kier alpha value is -3.08. The molecule has 1 fully saturated rings. The minimum absolute atomic E-state index is 0.172. The second-order valence-corrected chi connectivity index (χ2v) is 12.5. The average molecular weight is 617 g/mol. The van der Waals surface area contributed by atoms with Crippen molar-refractivity contribution >= 4 is 25.5 Å². The zero-order valence-electron chi connectivity index (χ0n) is 25.3. The largest absolute Gasteiger partial charge is 0.472 e. The summed E-state index contributed by atoms with van der Waals surface area (Å²) in [6.07, 6.45) is 2.19. The zero-order valence-corrected chi connectivity index (χ0v) is 26.2. The van der Waals surface area contributed by atoms with Gasteiger partial charge in [0.2, 0.25) is 17.7 Å². The van der Waals surface area contributed by atoms with Gasteiger partial charge in [0.1, 0.15) is 0 Å². The van der Waals surface area contributed by atoms with Crippen molar-refractivity contribution in [3.63, 3.8) is 0 Å². The third-order valence-electron chi connectivity index (χ3n) is 7.65. The lowest BCUT2D eigenvalue weighted by atomic mass is 9.65. The van der Waals surface area contributed by atoms with Crippen LogP contribution in [0.3, 0.4) is 0 Å². The molecule has 11 nitrogen and oxygen atoms in total. The molecule has 0 heterocycles. The van der Waals surface area contributed by atoms with E-state index in [1.165, 1.54) is 31.9 Å². The van der Waals surface area contributed by atoms with Crippen LogP contribution in [0.25, 0.3) is 0 Å². The van der Waals surface area contributed by atoms with Crippen molar-refractivity contribution in [2.45, 2.75) is 64.0 Å². The summed E-state index contributed by atoms with van der Waals surface area (Å²) in [7, 11) is -4.44. The standard InChI is InChI=1S/C31H45N4O7P/c1-24(36)32-18-20-35(21-19-33-25(2)37)22-29(34-26(3)38)23-41-43(39,40)42-30-14-16-31(17-15-30,27-10-6-4-7-11-27)28-12-8-5-9-13-28/h4-13,29-30H,14-23H2,1-3H3,(H,32,36)(H,33,37)(H,34,38)(H,39,40)/t29-/m1/s1. The lowest BCUT2D eigenvalue weighted by Crippen LogP contribution is -2.49. The van der Waals surface area contributed by atoms with Gasteiger partial charge in [-0.3, -0.25) is 28.3 Å². The van der Waals surface area contributed by atoms with E-state index < -0.39 is 20.0 Å². The van der Waals surface area contributed by atoms with Gasteiger partial charge in [-0.1, -0.05) is 60.7 Å². The maximum Gasteiger partial charge on any atom is 0.472 e. The Morgan fingerprint density at radius 1 is 0.884 bits per heavy atom. The SMILES string of the molecule is CC(=O)NCCN(CCNC(C)=O)C[C@H](COP(=O)(O)OC1CCC(c2ccccc2)(c2ccccc2)CC1)NC(C)=O. The number of amides is 3. The fourth-order valence-corrected chi connectivity index (χ4v) is 6.68. The first-order chi connectivity index (χ1) is 20.5. The molecule has 1 saturated carbocycles. The fourth-order valence-electron chi connectivity index (χ4n) is 5.66. The van der Waals surface area contributed by atoms with Gasteiger partial charge in [-0.25, -0.2) is 4.57 Å². The number of nitrogens with one attached hydrogen (secondary N) is 3. The lowest BCUT2D eigenvalue weighted by Gasteiger charge is -2.41. The maximum atomic E-state index is 13.0. The van der Waals surface area contributed by atoms with Crippen molar-refractivity contribution in [1.29, 1.82) is 0 Å². The summed E-state index contributed by atoms with van der Waals surface area (Å²) < 4.78 is 24.1. The van der Waals surface area contributed by atoms with Crippen LogP contribution in [-0.2, 0) is 33.4 Å². The normalized spacial score (nSPS) is 17.0. The number of phosphoric acid groups is 1. The van der Waals surface area contributed by atoms with E-state index in [1.807, 2.05) is 41.3 Å². The first-order valence-corrected chi connectivity index (χ1v) is 16.2. The highest BCUT2D eigenvalue weighted by Crippen LogP contribution is 2.51. The summed E-state index contributed by atoms with van der Waals surface area (Å²) in [5.74, 6) is -0.666. The van der Waals surface area contributed by atoms with Crippen LogP contribution in [0.5, 0.6) is 0 Å². The third-order valence-corrected chi connectivity index (χ3v) is 8.69. The Morgan fingerprint density at radius 3 is 1.81 bits per heavy atom. The van der Waals surface area contributed by atoms with Gasteiger partial charge in [0.05, 0.1) is 18.8 Å². The van der Waals surface area contributed by atoms with Gasteiger partial charge in [-0.2, -0.15) is 0 Å². The number of hydrogen-bond donors (Lipinski definition) is 4. The van der Waals surface area contributed by atoms with Crippen molar-refractivity contribution < 1.29 is 32.9 Å². The Labute approximate surface area is 254 Å². The predicted octanol–water partition coefficient (Wildman–Crippen LogP) is 3.13. The molecule has 0 bridgehead atoms. The van der Waals surface area contributed by atoms with E-state index in [0.29, 0.717) is 39.0 Å². The second-order valence-electron chi connectivity index (χ2n) is 11.0. The first kappa shape index (κ1) is 34.4. The number of benzene rings is 2. The quantitative estimate of drug-likeness (QED) is 0.211. The minimum atomic E-state index is -4.44. The molecule has 4 N–H and O–H groups in total. The van der Waals surface area contributed by atoms with Gasteiger partial charge >= 0.3 is 7.82 Å². The highest BCUT2D eigenvalue weighted by Gasteiger charge is 2.40. The smallest absolute Gasteiger partial charge is 0.355 e. The Morgan fingerprint density at radius 2 is 1.37 bits per heavy atom. The molecule has 2 atom stereocenters. The number of carbonyl (C=O) groups excluding carboxylic acids is 3. The van der Waals surface area contributed by atoms with Crippen molar-refractivity contribution in [2.24, 2.45) is 0 Å². The molecule has 1 unspecified atom stereocenters. The molecular formula is C31H45N4O7P. The molecule has 0 radical (unpaired) electrons. The van der Waals surface area contributed by atoms with Gasteiger partial charge in [0.25, 0.3) is 0 Å². The van der Waals surface area contributed by atoms with Gasteiger partial charge in [0, 0.05) is 58.9 Å². The van der Waals surface area contributed by atoms with E-state index in [9.17, 15) is 23.8 Å². The van der Waals surface area contributed by atoms with Crippen LogP contribution in [0.15, 0.2) is 60.7 Å². The van der Waals surface area contributed by atoms with Crippen LogP contribution in [0.2, 0.25) is 0 Å². The summed E-state index contributed by atoms with van der Waals surface area (Å²) in [6, 6.07) is 20.0. The summed E-state index contributed by atoms with van der Waals surface area (Å²) in [4.78, 5) is 47.1. The topological polar surface area (TPSA) is 146 Å². The number of phosphoric ester groups is 1. The molecule has 0 aliphatic heterocycles. The highest BCUT2D eigenvalue weighted by atomic mass is 31.2. The molecule has 0 spiro atoms. The summed E-state index contributed by atoms with van der Waals surface area (Å²) >= 11 is 0. The van der Waals surface area contributed by atoms with Crippen molar-refractivity contribution in [1.82, 2.24) is 20.9 Å². The average Bonchev–Trinajstić information content (AvgIpc) is 2.96. The molecule has 3 rings (SSSR count). The second kappa shape index (κ2) is 16.7. The van der Waals surface area contributed by atoms with Gasteiger partial charge < -0.3 is 20.8 Å². The number of hydrogen-bond acceptors (Lipinski definition) is 7. The van der Waals surface area contributed by atoms with Gasteiger partial charge in [-0.15, -0.1) is 0 Å². The fraction of sp³-hybridized carbons (Fsp3) is 0.516. The van der Waals surface area contributed by atoms with Crippen molar-refractivity contribution in [3.8, 4) is 0 Å². The maximum absolute atomic E-state index is 13.0. The molecule has 1 aliphatic rings. The van der Waals surface area contributed by atoms with Crippen LogP contribution in [-0.4, -0.2) is 79.0 Å². The van der Waals surface area contributed by atoms with E-state index in [1.54, 1.807) is 0 Å². The Bertz CT molecular complexity index is 1160.